The van der Waals surface area contributed by atoms with Gasteiger partial charge in [-0.3, -0.25) is 9.78 Å². The molecule has 0 aliphatic heterocycles. The topological polar surface area (TPSA) is 76.2 Å². The van der Waals surface area contributed by atoms with Gasteiger partial charge in [-0.1, -0.05) is 20.3 Å². The first-order chi connectivity index (χ1) is 7.57. The Hall–Kier alpha value is -1.26. The van der Waals surface area contributed by atoms with Crippen LogP contribution in [0.1, 0.15) is 30.6 Å². The van der Waals surface area contributed by atoms with Gasteiger partial charge in [-0.2, -0.15) is 0 Å². The highest BCUT2D eigenvalue weighted by atomic mass is 16.3. The second-order valence-corrected chi connectivity index (χ2v) is 4.01. The van der Waals surface area contributed by atoms with E-state index in [-0.39, 0.29) is 11.7 Å². The van der Waals surface area contributed by atoms with Gasteiger partial charge in [-0.25, -0.2) is 0 Å². The molecule has 0 fully saturated rings. The zero-order valence-electron chi connectivity index (χ0n) is 9.63. The zero-order valence-corrected chi connectivity index (χ0v) is 9.63. The monoisotopic (exact) mass is 222 g/mol. The lowest BCUT2D eigenvalue weighted by molar-refractivity contribution is 0.0659. The van der Waals surface area contributed by atoms with Gasteiger partial charge in [0.05, 0.1) is 12.1 Å². The van der Waals surface area contributed by atoms with Gasteiger partial charge in [0.25, 0.3) is 0 Å². The van der Waals surface area contributed by atoms with E-state index >= 15 is 0 Å². The lowest BCUT2D eigenvalue weighted by Gasteiger charge is -2.22. The molecule has 0 aromatic carbocycles. The number of aromatic nitrogens is 1. The van der Waals surface area contributed by atoms with Crippen LogP contribution in [0.25, 0.3) is 0 Å². The van der Waals surface area contributed by atoms with E-state index in [4.69, 9.17) is 5.73 Å². The summed E-state index contributed by atoms with van der Waals surface area (Å²) < 4.78 is 0. The average molecular weight is 222 g/mol. The Bertz CT molecular complexity index is 340. The molecule has 0 spiro atoms. The van der Waals surface area contributed by atoms with Crippen LogP contribution >= 0.6 is 0 Å². The summed E-state index contributed by atoms with van der Waals surface area (Å²) in [6.07, 6.45) is 3.03. The van der Waals surface area contributed by atoms with Gasteiger partial charge in [0.2, 0.25) is 0 Å². The molecule has 16 heavy (non-hydrogen) atoms. The SMILES string of the molecule is CCC(C)C(O)C(N)C(=O)c1cccnc1. The lowest BCUT2D eigenvalue weighted by atomic mass is 9.91. The minimum Gasteiger partial charge on any atom is -0.391 e. The van der Waals surface area contributed by atoms with Crippen molar-refractivity contribution in [2.24, 2.45) is 11.7 Å². The van der Waals surface area contributed by atoms with Crippen molar-refractivity contribution in [3.05, 3.63) is 30.1 Å². The first kappa shape index (κ1) is 12.8. The van der Waals surface area contributed by atoms with Crippen molar-refractivity contribution in [3.8, 4) is 0 Å². The van der Waals surface area contributed by atoms with E-state index < -0.39 is 12.1 Å². The summed E-state index contributed by atoms with van der Waals surface area (Å²) in [5.41, 5.74) is 6.18. The summed E-state index contributed by atoms with van der Waals surface area (Å²) in [4.78, 5) is 15.7. The van der Waals surface area contributed by atoms with Crippen molar-refractivity contribution in [2.75, 3.05) is 0 Å². The molecule has 0 aliphatic rings. The molecule has 0 radical (unpaired) electrons. The van der Waals surface area contributed by atoms with Crippen molar-refractivity contribution in [2.45, 2.75) is 32.4 Å². The molecule has 0 amide bonds. The molecule has 1 aromatic heterocycles. The third-order valence-electron chi connectivity index (χ3n) is 2.84. The lowest BCUT2D eigenvalue weighted by Crippen LogP contribution is -2.45. The van der Waals surface area contributed by atoms with Crippen molar-refractivity contribution in [1.82, 2.24) is 4.98 Å². The Morgan fingerprint density at radius 1 is 1.62 bits per heavy atom. The number of nitrogens with zero attached hydrogens (tertiary/aromatic N) is 1. The molecule has 0 saturated carbocycles. The average Bonchev–Trinajstić information content (AvgIpc) is 2.36. The fraction of sp³-hybridized carbons (Fsp3) is 0.500. The van der Waals surface area contributed by atoms with Crippen LogP contribution in [0, 0.1) is 5.92 Å². The van der Waals surface area contributed by atoms with Gasteiger partial charge in [0.1, 0.15) is 0 Å². The number of ketones is 1. The molecular weight excluding hydrogens is 204 g/mol. The summed E-state index contributed by atoms with van der Waals surface area (Å²) >= 11 is 0. The Kier molecular flexibility index (Phi) is 4.58. The first-order valence-electron chi connectivity index (χ1n) is 5.45. The van der Waals surface area contributed by atoms with E-state index in [1.54, 1.807) is 18.3 Å². The maximum Gasteiger partial charge on any atom is 0.183 e. The number of carbonyl (C=O) groups excluding carboxylic acids is 1. The van der Waals surface area contributed by atoms with Crippen LogP contribution in [0.4, 0.5) is 0 Å². The summed E-state index contributed by atoms with van der Waals surface area (Å²) in [6.45, 7) is 3.83. The van der Waals surface area contributed by atoms with Gasteiger partial charge in [0.15, 0.2) is 5.78 Å². The minimum atomic E-state index is -0.876. The second-order valence-electron chi connectivity index (χ2n) is 4.01. The number of hydrogen-bond donors (Lipinski definition) is 2. The fourth-order valence-electron chi connectivity index (χ4n) is 1.45. The number of carbonyl (C=O) groups is 1. The Morgan fingerprint density at radius 2 is 2.31 bits per heavy atom. The largest absolute Gasteiger partial charge is 0.391 e. The van der Waals surface area contributed by atoms with Gasteiger partial charge in [0, 0.05) is 18.0 Å². The molecule has 1 aromatic rings. The first-order valence-corrected chi connectivity index (χ1v) is 5.45. The quantitative estimate of drug-likeness (QED) is 0.729. The number of pyridine rings is 1. The molecule has 4 heteroatoms. The van der Waals surface area contributed by atoms with Crippen molar-refractivity contribution in [1.29, 1.82) is 0 Å². The number of aliphatic hydroxyl groups is 1. The van der Waals surface area contributed by atoms with Gasteiger partial charge in [-0.15, -0.1) is 0 Å². The molecule has 4 nitrogen and oxygen atoms in total. The van der Waals surface area contributed by atoms with Crippen LogP contribution < -0.4 is 5.73 Å². The third kappa shape index (κ3) is 2.87. The Balaban J connectivity index is 2.75. The van der Waals surface area contributed by atoms with Gasteiger partial charge < -0.3 is 10.8 Å². The summed E-state index contributed by atoms with van der Waals surface area (Å²) in [5.74, 6) is -0.253. The fourth-order valence-corrected chi connectivity index (χ4v) is 1.45. The number of hydrogen-bond acceptors (Lipinski definition) is 4. The number of rotatable bonds is 5. The van der Waals surface area contributed by atoms with E-state index in [9.17, 15) is 9.90 Å². The van der Waals surface area contributed by atoms with E-state index in [1.165, 1.54) is 6.20 Å². The van der Waals surface area contributed by atoms with Gasteiger partial charge >= 0.3 is 0 Å². The summed E-state index contributed by atoms with van der Waals surface area (Å²) in [6, 6.07) is 2.45. The predicted molar refractivity (Wildman–Crippen MR) is 62.0 cm³/mol. The van der Waals surface area contributed by atoms with E-state index in [0.717, 1.165) is 6.42 Å². The zero-order chi connectivity index (χ0) is 12.1. The molecule has 3 unspecified atom stereocenters. The van der Waals surface area contributed by atoms with Crippen molar-refractivity contribution >= 4 is 5.78 Å². The third-order valence-corrected chi connectivity index (χ3v) is 2.84. The highest BCUT2D eigenvalue weighted by Gasteiger charge is 2.27. The maximum absolute atomic E-state index is 11.9. The molecule has 1 heterocycles. The van der Waals surface area contributed by atoms with Crippen LogP contribution in [0.3, 0.4) is 0 Å². The summed E-state index contributed by atoms with van der Waals surface area (Å²) in [7, 11) is 0. The predicted octanol–water partition coefficient (Wildman–Crippen LogP) is 0.999. The molecule has 3 atom stereocenters. The Morgan fingerprint density at radius 3 is 2.81 bits per heavy atom. The number of nitrogens with two attached hydrogens (primary N) is 1. The van der Waals surface area contributed by atoms with Crippen LogP contribution in [-0.2, 0) is 0 Å². The molecule has 0 bridgehead atoms. The van der Waals surface area contributed by atoms with E-state index in [2.05, 4.69) is 4.98 Å². The standard InChI is InChI=1S/C12H18N2O2/c1-3-8(2)11(15)10(13)12(16)9-5-4-6-14-7-9/h4-8,10-11,15H,3,13H2,1-2H3. The number of Topliss-reactive ketones (excluding diaryl/α,β-unsaturated/α-hetero) is 1. The molecule has 0 saturated heterocycles. The smallest absolute Gasteiger partial charge is 0.183 e. The van der Waals surface area contributed by atoms with Crippen molar-refractivity contribution < 1.29 is 9.90 Å². The van der Waals surface area contributed by atoms with Crippen LogP contribution in [0.2, 0.25) is 0 Å². The minimum absolute atomic E-state index is 0.00983. The Labute approximate surface area is 95.5 Å². The van der Waals surface area contributed by atoms with Crippen LogP contribution in [0.15, 0.2) is 24.5 Å². The van der Waals surface area contributed by atoms with E-state index in [1.807, 2.05) is 13.8 Å². The van der Waals surface area contributed by atoms with Gasteiger partial charge in [-0.05, 0) is 18.1 Å². The number of aliphatic hydroxyl groups excluding tert-OH is 1. The highest BCUT2D eigenvalue weighted by Crippen LogP contribution is 2.13. The van der Waals surface area contributed by atoms with Crippen LogP contribution in [-0.4, -0.2) is 28.0 Å². The maximum atomic E-state index is 11.9. The van der Waals surface area contributed by atoms with Crippen LogP contribution in [0.5, 0.6) is 0 Å². The molecule has 88 valence electrons. The van der Waals surface area contributed by atoms with Crippen molar-refractivity contribution in [3.63, 3.8) is 0 Å². The molecule has 3 N–H and O–H groups in total. The highest BCUT2D eigenvalue weighted by molar-refractivity contribution is 6.00. The second kappa shape index (κ2) is 5.72. The normalized spacial score (nSPS) is 16.5. The summed E-state index contributed by atoms with van der Waals surface area (Å²) in [5, 5.41) is 9.85. The molecule has 0 aliphatic carbocycles. The molecule has 1 rings (SSSR count). The van der Waals surface area contributed by atoms with E-state index in [0.29, 0.717) is 5.56 Å². The molecular formula is C12H18N2O2.